The van der Waals surface area contributed by atoms with Gasteiger partial charge < -0.3 is 10.2 Å². The zero-order chi connectivity index (χ0) is 25.7. The lowest BCUT2D eigenvalue weighted by Gasteiger charge is -2.63. The first-order chi connectivity index (χ1) is 17.0. The van der Waals surface area contributed by atoms with Crippen molar-refractivity contribution in [1.82, 2.24) is 9.78 Å². The number of rotatable bonds is 5. The van der Waals surface area contributed by atoms with Crippen molar-refractivity contribution in [3.05, 3.63) is 18.0 Å². The van der Waals surface area contributed by atoms with Crippen LogP contribution in [0.4, 0.5) is 0 Å². The van der Waals surface area contributed by atoms with Crippen LogP contribution in [0.25, 0.3) is 0 Å². The van der Waals surface area contributed by atoms with Crippen LogP contribution in [-0.2, 0) is 6.54 Å². The Labute approximate surface area is 217 Å². The zero-order valence-corrected chi connectivity index (χ0v) is 23.1. The molecule has 12 atom stereocenters. The molecule has 1 aromatic heterocycles. The van der Waals surface area contributed by atoms with E-state index in [1.807, 2.05) is 6.92 Å². The molecule has 5 nitrogen and oxygen atoms in total. The molecule has 2 N–H and O–H groups in total. The second-order valence-corrected chi connectivity index (χ2v) is 14.7. The van der Waals surface area contributed by atoms with Crippen molar-refractivity contribution >= 4 is 0 Å². The van der Waals surface area contributed by atoms with E-state index in [2.05, 4.69) is 38.9 Å². The molecule has 0 amide bonds. The Morgan fingerprint density at radius 2 is 1.94 bits per heavy atom. The summed E-state index contributed by atoms with van der Waals surface area (Å²) in [6.45, 7) is 12.2. The van der Waals surface area contributed by atoms with E-state index in [9.17, 15) is 15.5 Å². The molecular weight excluding hydrogens is 446 g/mol. The van der Waals surface area contributed by atoms with Crippen LogP contribution >= 0.6 is 0 Å². The predicted molar refractivity (Wildman–Crippen MR) is 140 cm³/mol. The standard InChI is InChI=1S/C31H47N3O2/c1-6-10-31(36)13-12-28(3)21(14-31)7-8-22-23(28)9-11-29(4)26(22)24-19(2)25(24)27(29)30(5,35)18-34-17-20(15-32)16-33-34/h16-17,19,21-27,35-36H,6-14,18H2,1-5H3/t19-,21-,22+,23-,24+,25-,26+,27-,28-,29-,30-,31+/m0/s1. The molecule has 36 heavy (non-hydrogen) atoms. The Hall–Kier alpha value is -1.38. The van der Waals surface area contributed by atoms with E-state index in [1.165, 1.54) is 32.1 Å². The molecule has 5 fully saturated rings. The summed E-state index contributed by atoms with van der Waals surface area (Å²) in [7, 11) is 0. The molecule has 0 spiro atoms. The highest BCUT2D eigenvalue weighted by molar-refractivity contribution is 5.24. The minimum Gasteiger partial charge on any atom is -0.390 e. The van der Waals surface area contributed by atoms with Crippen molar-refractivity contribution in [3.63, 3.8) is 0 Å². The maximum absolute atomic E-state index is 12.0. The van der Waals surface area contributed by atoms with Crippen molar-refractivity contribution in [1.29, 1.82) is 5.26 Å². The molecule has 0 aromatic carbocycles. The highest BCUT2D eigenvalue weighted by Gasteiger charge is 2.76. The van der Waals surface area contributed by atoms with Gasteiger partial charge >= 0.3 is 0 Å². The molecule has 0 aliphatic heterocycles. The molecule has 0 radical (unpaired) electrons. The molecular formula is C31H47N3O2. The van der Waals surface area contributed by atoms with E-state index in [0.29, 0.717) is 41.2 Å². The van der Waals surface area contributed by atoms with Gasteiger partial charge in [-0.15, -0.1) is 0 Å². The molecule has 5 aliphatic rings. The summed E-state index contributed by atoms with van der Waals surface area (Å²) >= 11 is 0. The van der Waals surface area contributed by atoms with Crippen molar-refractivity contribution in [2.45, 2.75) is 110 Å². The van der Waals surface area contributed by atoms with Crippen molar-refractivity contribution in [2.75, 3.05) is 0 Å². The summed E-state index contributed by atoms with van der Waals surface area (Å²) in [5.41, 5.74) is -0.187. The first-order valence-electron chi connectivity index (χ1n) is 14.8. The van der Waals surface area contributed by atoms with Gasteiger partial charge in [0.15, 0.2) is 0 Å². The number of hydrogen-bond acceptors (Lipinski definition) is 4. The molecule has 198 valence electrons. The van der Waals surface area contributed by atoms with E-state index in [-0.39, 0.29) is 11.3 Å². The monoisotopic (exact) mass is 493 g/mol. The fourth-order valence-electron chi connectivity index (χ4n) is 11.5. The van der Waals surface area contributed by atoms with Crippen LogP contribution in [0.2, 0.25) is 0 Å². The Bertz CT molecular complexity index is 1060. The first kappa shape index (κ1) is 24.9. The fourth-order valence-corrected chi connectivity index (χ4v) is 11.5. The molecule has 6 rings (SSSR count). The summed E-state index contributed by atoms with van der Waals surface area (Å²) in [6.07, 6.45) is 13.7. The summed E-state index contributed by atoms with van der Waals surface area (Å²) in [5, 5.41) is 37.0. The molecule has 0 saturated heterocycles. The minimum absolute atomic E-state index is 0.165. The van der Waals surface area contributed by atoms with Gasteiger partial charge in [-0.25, -0.2) is 0 Å². The maximum atomic E-state index is 12.0. The second-order valence-electron chi connectivity index (χ2n) is 14.7. The smallest absolute Gasteiger partial charge is 0.102 e. The minimum atomic E-state index is -0.842. The van der Waals surface area contributed by atoms with Crippen LogP contribution in [-0.4, -0.2) is 31.2 Å². The van der Waals surface area contributed by atoms with Gasteiger partial charge in [-0.05, 0) is 116 Å². The Morgan fingerprint density at radius 3 is 2.64 bits per heavy atom. The quantitative estimate of drug-likeness (QED) is 0.543. The lowest BCUT2D eigenvalue weighted by Crippen LogP contribution is -2.58. The highest BCUT2D eigenvalue weighted by atomic mass is 16.3. The van der Waals surface area contributed by atoms with Crippen LogP contribution in [0.3, 0.4) is 0 Å². The van der Waals surface area contributed by atoms with Crippen LogP contribution in [0.1, 0.15) is 98.0 Å². The predicted octanol–water partition coefficient (Wildman–Crippen LogP) is 5.80. The largest absolute Gasteiger partial charge is 0.390 e. The van der Waals surface area contributed by atoms with Gasteiger partial charge in [0.1, 0.15) is 6.07 Å². The Balaban J connectivity index is 1.27. The third kappa shape index (κ3) is 3.42. The third-order valence-electron chi connectivity index (χ3n) is 12.8. The summed E-state index contributed by atoms with van der Waals surface area (Å²) in [4.78, 5) is 0. The van der Waals surface area contributed by atoms with Crippen molar-refractivity contribution in [2.24, 2.45) is 58.2 Å². The van der Waals surface area contributed by atoms with Gasteiger partial charge in [0.25, 0.3) is 0 Å². The molecule has 5 saturated carbocycles. The van der Waals surface area contributed by atoms with Crippen LogP contribution in [0.5, 0.6) is 0 Å². The van der Waals surface area contributed by atoms with Gasteiger partial charge in [0.05, 0.1) is 29.5 Å². The van der Waals surface area contributed by atoms with Crippen LogP contribution in [0, 0.1) is 69.5 Å². The number of aliphatic hydroxyl groups is 2. The normalized spacial score (nSPS) is 50.7. The van der Waals surface area contributed by atoms with Gasteiger partial charge in [0.2, 0.25) is 0 Å². The van der Waals surface area contributed by atoms with Gasteiger partial charge in [-0.2, -0.15) is 10.4 Å². The Kier molecular flexibility index (Phi) is 5.58. The Morgan fingerprint density at radius 1 is 1.17 bits per heavy atom. The summed E-state index contributed by atoms with van der Waals surface area (Å²) < 4.78 is 1.79. The van der Waals surface area contributed by atoms with E-state index in [1.54, 1.807) is 17.1 Å². The average molecular weight is 494 g/mol. The van der Waals surface area contributed by atoms with Crippen molar-refractivity contribution < 1.29 is 10.2 Å². The molecule has 1 heterocycles. The van der Waals surface area contributed by atoms with Gasteiger partial charge in [-0.1, -0.05) is 34.1 Å². The van der Waals surface area contributed by atoms with Gasteiger partial charge in [-0.3, -0.25) is 4.68 Å². The number of aromatic nitrogens is 2. The first-order valence-corrected chi connectivity index (χ1v) is 14.8. The number of nitriles is 1. The van der Waals surface area contributed by atoms with Gasteiger partial charge in [0, 0.05) is 6.20 Å². The van der Waals surface area contributed by atoms with E-state index in [0.717, 1.165) is 43.4 Å². The van der Waals surface area contributed by atoms with Crippen molar-refractivity contribution in [3.8, 4) is 6.07 Å². The van der Waals surface area contributed by atoms with E-state index < -0.39 is 11.2 Å². The molecule has 5 heteroatoms. The summed E-state index contributed by atoms with van der Waals surface area (Å²) in [6, 6.07) is 2.17. The third-order valence-corrected chi connectivity index (χ3v) is 12.8. The van der Waals surface area contributed by atoms with Crippen LogP contribution < -0.4 is 0 Å². The second kappa shape index (κ2) is 8.06. The number of nitrogens with zero attached hydrogens (tertiary/aromatic N) is 3. The molecule has 5 aliphatic carbocycles. The average Bonchev–Trinajstić information content (AvgIpc) is 3.14. The van der Waals surface area contributed by atoms with E-state index >= 15 is 0 Å². The maximum Gasteiger partial charge on any atom is 0.102 e. The van der Waals surface area contributed by atoms with Crippen LogP contribution in [0.15, 0.2) is 12.4 Å². The number of hydrogen-bond donors (Lipinski definition) is 2. The molecule has 0 bridgehead atoms. The lowest BCUT2D eigenvalue weighted by atomic mass is 9.42. The number of fused-ring (bicyclic) bond motifs is 7. The topological polar surface area (TPSA) is 82.1 Å². The van der Waals surface area contributed by atoms with E-state index in [4.69, 9.17) is 0 Å². The molecule has 0 unspecified atom stereocenters. The summed E-state index contributed by atoms with van der Waals surface area (Å²) in [5.74, 6) is 5.20. The zero-order valence-electron chi connectivity index (χ0n) is 23.1. The highest BCUT2D eigenvalue weighted by Crippen LogP contribution is 2.79. The fraction of sp³-hybridized carbons (Fsp3) is 0.871. The molecule has 1 aromatic rings. The SMILES string of the molecule is CCC[C@@]1(O)CC[C@@]2(C)[C@@H](CC[C@H]3[C@@H]4[C@@H]5[C@H](C)[C@@H]5[C@H]([C@@](C)(O)Cn5cc(C#N)cn5)[C@@]4(C)CC[C@@H]32)C1. The lowest BCUT2D eigenvalue weighted by molar-refractivity contribution is -0.172.